The lowest BCUT2D eigenvalue weighted by Crippen LogP contribution is -2.21. The molecule has 1 fully saturated rings. The second-order valence-electron chi connectivity index (χ2n) is 7.03. The molecule has 0 aliphatic heterocycles. The van der Waals surface area contributed by atoms with Crippen molar-refractivity contribution in [1.29, 1.82) is 0 Å². The number of non-ortho nitro benzene ring substituents is 1. The van der Waals surface area contributed by atoms with E-state index in [2.05, 4.69) is 25.8 Å². The third-order valence-electron chi connectivity index (χ3n) is 4.77. The van der Waals surface area contributed by atoms with Gasteiger partial charge in [0.05, 0.1) is 16.4 Å². The Morgan fingerprint density at radius 3 is 2.87 bits per heavy atom. The lowest BCUT2D eigenvalue weighted by Gasteiger charge is -2.21. The highest BCUT2D eigenvalue weighted by Gasteiger charge is 2.16. The summed E-state index contributed by atoms with van der Waals surface area (Å²) in [6.45, 7) is 0. The number of benzene rings is 1. The fourth-order valence-electron chi connectivity index (χ4n) is 3.27. The molecule has 9 nitrogen and oxygen atoms in total. The van der Waals surface area contributed by atoms with Crippen LogP contribution in [0, 0.1) is 10.1 Å². The van der Waals surface area contributed by atoms with E-state index in [1.807, 2.05) is 0 Å². The van der Waals surface area contributed by atoms with Gasteiger partial charge in [-0.1, -0.05) is 54.5 Å². The van der Waals surface area contributed by atoms with Gasteiger partial charge < -0.3 is 10.6 Å². The third-order valence-corrected chi connectivity index (χ3v) is 7.51. The zero-order valence-corrected chi connectivity index (χ0v) is 18.9. The number of nitrogens with one attached hydrogen (secondary N) is 2. The van der Waals surface area contributed by atoms with Gasteiger partial charge in [0, 0.05) is 29.1 Å². The standard InChI is InChI=1S/C19H20N6O3S3/c26-16(11-30-19-24-23-18(31-19)20-13-6-2-1-3-7-13)22-17-21-15(10-29-17)12-5-4-8-14(9-12)25(27)28/h4-5,8-10,13H,1-3,6-7,11H2,(H,20,23)(H,21,22,26). The summed E-state index contributed by atoms with van der Waals surface area (Å²) in [6, 6.07) is 6.72. The zero-order valence-electron chi connectivity index (χ0n) is 16.4. The average Bonchev–Trinajstić information content (AvgIpc) is 3.43. The number of carbonyl (C=O) groups excluding carboxylic acids is 1. The summed E-state index contributed by atoms with van der Waals surface area (Å²) >= 11 is 4.07. The van der Waals surface area contributed by atoms with E-state index in [1.165, 1.54) is 65.8 Å². The topological polar surface area (TPSA) is 123 Å². The van der Waals surface area contributed by atoms with Gasteiger partial charge in [-0.05, 0) is 12.8 Å². The number of aromatic nitrogens is 3. The molecular formula is C19H20N6O3S3. The highest BCUT2D eigenvalue weighted by molar-refractivity contribution is 8.01. The number of thioether (sulfide) groups is 1. The molecule has 162 valence electrons. The number of carbonyl (C=O) groups is 1. The molecule has 1 amide bonds. The third kappa shape index (κ3) is 5.99. The molecule has 1 saturated carbocycles. The van der Waals surface area contributed by atoms with Crippen molar-refractivity contribution in [2.45, 2.75) is 42.5 Å². The number of thiazole rings is 1. The van der Waals surface area contributed by atoms with Crippen LogP contribution >= 0.6 is 34.4 Å². The van der Waals surface area contributed by atoms with Crippen LogP contribution in [0.3, 0.4) is 0 Å². The first-order valence-electron chi connectivity index (χ1n) is 9.80. The van der Waals surface area contributed by atoms with E-state index in [9.17, 15) is 14.9 Å². The first-order valence-corrected chi connectivity index (χ1v) is 12.5. The van der Waals surface area contributed by atoms with E-state index < -0.39 is 4.92 Å². The molecule has 0 radical (unpaired) electrons. The van der Waals surface area contributed by atoms with Crippen molar-refractivity contribution in [2.24, 2.45) is 0 Å². The maximum atomic E-state index is 12.3. The summed E-state index contributed by atoms with van der Waals surface area (Å²) in [7, 11) is 0. The number of nitro groups is 1. The van der Waals surface area contributed by atoms with E-state index >= 15 is 0 Å². The highest BCUT2D eigenvalue weighted by atomic mass is 32.2. The van der Waals surface area contributed by atoms with Crippen LogP contribution in [0.25, 0.3) is 11.3 Å². The molecule has 0 atom stereocenters. The molecule has 2 heterocycles. The number of hydrogen-bond acceptors (Lipinski definition) is 10. The summed E-state index contributed by atoms with van der Waals surface area (Å²) in [5.74, 6) is 0.00554. The number of hydrogen-bond donors (Lipinski definition) is 2. The quantitative estimate of drug-likeness (QED) is 0.263. The van der Waals surface area contributed by atoms with Gasteiger partial charge in [-0.15, -0.1) is 21.5 Å². The van der Waals surface area contributed by atoms with Crippen LogP contribution < -0.4 is 10.6 Å². The van der Waals surface area contributed by atoms with E-state index in [-0.39, 0.29) is 17.3 Å². The van der Waals surface area contributed by atoms with Crippen molar-refractivity contribution < 1.29 is 9.72 Å². The maximum absolute atomic E-state index is 12.3. The Kier molecular flexibility index (Phi) is 7.10. The van der Waals surface area contributed by atoms with Gasteiger partial charge in [0.1, 0.15) is 0 Å². The lowest BCUT2D eigenvalue weighted by molar-refractivity contribution is -0.384. The molecule has 31 heavy (non-hydrogen) atoms. The van der Waals surface area contributed by atoms with Crippen LogP contribution in [0.4, 0.5) is 16.0 Å². The average molecular weight is 477 g/mol. The van der Waals surface area contributed by atoms with Crippen LogP contribution in [-0.2, 0) is 4.79 Å². The fourth-order valence-corrected chi connectivity index (χ4v) is 5.64. The minimum Gasteiger partial charge on any atom is -0.357 e. The minimum absolute atomic E-state index is 0.00175. The van der Waals surface area contributed by atoms with E-state index in [1.54, 1.807) is 17.5 Å². The molecule has 1 aliphatic rings. The van der Waals surface area contributed by atoms with Crippen LogP contribution in [0.2, 0.25) is 0 Å². The Morgan fingerprint density at radius 1 is 1.23 bits per heavy atom. The summed E-state index contributed by atoms with van der Waals surface area (Å²) in [5.41, 5.74) is 1.22. The second kappa shape index (κ2) is 10.2. The summed E-state index contributed by atoms with van der Waals surface area (Å²) in [6.07, 6.45) is 6.12. The zero-order chi connectivity index (χ0) is 21.6. The minimum atomic E-state index is -0.445. The number of amides is 1. The fraction of sp³-hybridized carbons (Fsp3) is 0.368. The van der Waals surface area contributed by atoms with Gasteiger partial charge in [0.25, 0.3) is 5.69 Å². The SMILES string of the molecule is O=C(CSc1nnc(NC2CCCCC2)s1)Nc1nc(-c2cccc([N+](=O)[O-])c2)cs1. The molecule has 12 heteroatoms. The molecule has 1 aromatic carbocycles. The molecule has 0 spiro atoms. The number of nitrogens with zero attached hydrogens (tertiary/aromatic N) is 4. The van der Waals surface area contributed by atoms with Crippen molar-refractivity contribution in [3.8, 4) is 11.3 Å². The predicted octanol–water partition coefficient (Wildman–Crippen LogP) is 5.05. The lowest BCUT2D eigenvalue weighted by atomic mass is 9.96. The molecule has 0 saturated heterocycles. The van der Waals surface area contributed by atoms with Crippen molar-refractivity contribution in [3.05, 3.63) is 39.8 Å². The Morgan fingerprint density at radius 2 is 2.06 bits per heavy atom. The van der Waals surface area contributed by atoms with Crippen LogP contribution in [-0.4, -0.2) is 37.8 Å². The Bertz CT molecular complexity index is 1060. The summed E-state index contributed by atoms with van der Waals surface area (Å²) < 4.78 is 0.741. The molecular weight excluding hydrogens is 456 g/mol. The summed E-state index contributed by atoms with van der Waals surface area (Å²) in [4.78, 5) is 27.1. The van der Waals surface area contributed by atoms with Crippen molar-refractivity contribution >= 4 is 56.3 Å². The Labute approximate surface area is 190 Å². The van der Waals surface area contributed by atoms with Crippen LogP contribution in [0.5, 0.6) is 0 Å². The molecule has 3 aromatic rings. The second-order valence-corrected chi connectivity index (χ2v) is 10.1. The van der Waals surface area contributed by atoms with Crippen molar-refractivity contribution in [2.75, 3.05) is 16.4 Å². The monoisotopic (exact) mass is 476 g/mol. The number of rotatable bonds is 8. The van der Waals surface area contributed by atoms with Gasteiger partial charge >= 0.3 is 0 Å². The first kappa shape index (κ1) is 21.7. The first-order chi connectivity index (χ1) is 15.1. The van der Waals surface area contributed by atoms with Gasteiger partial charge in [-0.25, -0.2) is 4.98 Å². The van der Waals surface area contributed by atoms with Gasteiger partial charge in [-0.2, -0.15) is 0 Å². The van der Waals surface area contributed by atoms with Gasteiger partial charge in [0.15, 0.2) is 9.47 Å². The predicted molar refractivity (Wildman–Crippen MR) is 124 cm³/mol. The van der Waals surface area contributed by atoms with E-state index in [0.29, 0.717) is 22.4 Å². The summed E-state index contributed by atoms with van der Waals surface area (Å²) in [5, 5.41) is 28.5. The molecule has 4 rings (SSSR count). The largest absolute Gasteiger partial charge is 0.357 e. The van der Waals surface area contributed by atoms with E-state index in [4.69, 9.17) is 0 Å². The van der Waals surface area contributed by atoms with E-state index in [0.717, 1.165) is 22.3 Å². The normalized spacial score (nSPS) is 14.3. The Hall–Kier alpha value is -2.57. The van der Waals surface area contributed by atoms with Crippen LogP contribution in [0.1, 0.15) is 32.1 Å². The van der Waals surface area contributed by atoms with Gasteiger partial charge in [-0.3, -0.25) is 14.9 Å². The van der Waals surface area contributed by atoms with Gasteiger partial charge in [0.2, 0.25) is 11.0 Å². The molecule has 2 aromatic heterocycles. The molecule has 0 unspecified atom stereocenters. The number of anilines is 2. The molecule has 0 bridgehead atoms. The maximum Gasteiger partial charge on any atom is 0.270 e. The van der Waals surface area contributed by atoms with Crippen LogP contribution in [0.15, 0.2) is 34.0 Å². The smallest absolute Gasteiger partial charge is 0.270 e. The molecule has 1 aliphatic carbocycles. The molecule has 2 N–H and O–H groups in total. The van der Waals surface area contributed by atoms with Crippen molar-refractivity contribution in [3.63, 3.8) is 0 Å². The Balaban J connectivity index is 1.28. The van der Waals surface area contributed by atoms with Crippen molar-refractivity contribution in [1.82, 2.24) is 15.2 Å². The number of nitro benzene ring substituents is 1. The highest BCUT2D eigenvalue weighted by Crippen LogP contribution is 2.30.